The maximum atomic E-state index is 11.6. The predicted molar refractivity (Wildman–Crippen MR) is 61.0 cm³/mol. The number of amides is 1. The summed E-state index contributed by atoms with van der Waals surface area (Å²) in [6.45, 7) is 1.62. The van der Waals surface area contributed by atoms with Gasteiger partial charge in [0.05, 0.1) is 18.7 Å². The summed E-state index contributed by atoms with van der Waals surface area (Å²) in [7, 11) is 2.91. The van der Waals surface area contributed by atoms with E-state index in [2.05, 4.69) is 0 Å². The quantitative estimate of drug-likeness (QED) is 0.738. The molecule has 0 heterocycles. The number of carbonyl (C=O) groups is 1. The smallest absolute Gasteiger partial charge is 0.286 e. The minimum Gasteiger partial charge on any atom is -0.481 e. The summed E-state index contributed by atoms with van der Waals surface area (Å²) < 4.78 is 5.42. The highest BCUT2D eigenvalue weighted by atomic mass is 16.7. The first-order valence-electron chi connectivity index (χ1n) is 5.07. The summed E-state index contributed by atoms with van der Waals surface area (Å²) in [5, 5.41) is 9.83. The molecule has 0 spiro atoms. The van der Waals surface area contributed by atoms with Crippen molar-refractivity contribution in [1.29, 1.82) is 5.26 Å². The van der Waals surface area contributed by atoms with Crippen LogP contribution in [0.5, 0.6) is 5.75 Å². The lowest BCUT2D eigenvalue weighted by molar-refractivity contribution is -0.175. The maximum Gasteiger partial charge on any atom is 0.286 e. The average Bonchev–Trinajstić information content (AvgIpc) is 2.37. The van der Waals surface area contributed by atoms with Gasteiger partial charge < -0.3 is 4.74 Å². The normalized spacial score (nSPS) is 11.4. The van der Waals surface area contributed by atoms with E-state index in [1.165, 1.54) is 14.2 Å². The third-order valence-electron chi connectivity index (χ3n) is 2.21. The zero-order valence-electron chi connectivity index (χ0n) is 10.0. The lowest BCUT2D eigenvalue weighted by Crippen LogP contribution is -2.37. The van der Waals surface area contributed by atoms with Crippen LogP contribution in [0, 0.1) is 11.3 Å². The van der Waals surface area contributed by atoms with Gasteiger partial charge in [-0.05, 0) is 25.1 Å². The van der Waals surface area contributed by atoms with Crippen LogP contribution in [0.15, 0.2) is 24.3 Å². The molecule has 1 atom stereocenters. The minimum atomic E-state index is -0.672. The molecule has 90 valence electrons. The monoisotopic (exact) mass is 234 g/mol. The number of hydrogen-bond donors (Lipinski definition) is 0. The molecule has 0 aromatic heterocycles. The van der Waals surface area contributed by atoms with Gasteiger partial charge >= 0.3 is 0 Å². The van der Waals surface area contributed by atoms with Gasteiger partial charge in [-0.3, -0.25) is 9.63 Å². The largest absolute Gasteiger partial charge is 0.481 e. The lowest BCUT2D eigenvalue weighted by atomic mass is 10.2. The van der Waals surface area contributed by atoms with Gasteiger partial charge in [0.2, 0.25) is 0 Å². The Labute approximate surface area is 100 Å². The van der Waals surface area contributed by atoms with Crippen LogP contribution in [-0.2, 0) is 9.63 Å². The van der Waals surface area contributed by atoms with E-state index in [4.69, 9.17) is 14.8 Å². The highest BCUT2D eigenvalue weighted by Gasteiger charge is 2.19. The Kier molecular flexibility index (Phi) is 4.49. The molecule has 0 radical (unpaired) electrons. The van der Waals surface area contributed by atoms with Gasteiger partial charge in [0.15, 0.2) is 6.10 Å². The Balaban J connectivity index is 2.71. The van der Waals surface area contributed by atoms with Crippen molar-refractivity contribution in [3.8, 4) is 11.8 Å². The van der Waals surface area contributed by atoms with Crippen LogP contribution in [0.1, 0.15) is 12.5 Å². The van der Waals surface area contributed by atoms with E-state index in [-0.39, 0.29) is 5.91 Å². The molecule has 5 nitrogen and oxygen atoms in total. The number of hydroxylamine groups is 2. The van der Waals surface area contributed by atoms with Crippen molar-refractivity contribution in [2.75, 3.05) is 14.2 Å². The zero-order chi connectivity index (χ0) is 12.8. The van der Waals surface area contributed by atoms with Crippen molar-refractivity contribution in [3.63, 3.8) is 0 Å². The van der Waals surface area contributed by atoms with Crippen molar-refractivity contribution >= 4 is 5.91 Å². The van der Waals surface area contributed by atoms with Gasteiger partial charge in [-0.25, -0.2) is 5.06 Å². The van der Waals surface area contributed by atoms with Gasteiger partial charge in [-0.15, -0.1) is 0 Å². The average molecular weight is 234 g/mol. The Morgan fingerprint density at radius 3 is 2.82 bits per heavy atom. The van der Waals surface area contributed by atoms with E-state index >= 15 is 0 Å². The summed E-state index contributed by atoms with van der Waals surface area (Å²) >= 11 is 0. The van der Waals surface area contributed by atoms with Crippen molar-refractivity contribution in [2.45, 2.75) is 13.0 Å². The Morgan fingerprint density at radius 2 is 2.24 bits per heavy atom. The number of ether oxygens (including phenoxy) is 1. The molecule has 0 aliphatic heterocycles. The molecule has 0 unspecified atom stereocenters. The van der Waals surface area contributed by atoms with Crippen LogP contribution in [0.4, 0.5) is 0 Å². The second-order valence-electron chi connectivity index (χ2n) is 3.42. The Hall–Kier alpha value is -2.06. The van der Waals surface area contributed by atoms with Crippen LogP contribution in [0.2, 0.25) is 0 Å². The van der Waals surface area contributed by atoms with Crippen LogP contribution < -0.4 is 4.74 Å². The van der Waals surface area contributed by atoms with Crippen LogP contribution >= 0.6 is 0 Å². The number of carbonyl (C=O) groups excluding carboxylic acids is 1. The molecule has 1 aromatic rings. The number of hydrogen-bond acceptors (Lipinski definition) is 4. The minimum absolute atomic E-state index is 0.296. The number of benzene rings is 1. The summed E-state index contributed by atoms with van der Waals surface area (Å²) in [6, 6.07) is 8.64. The lowest BCUT2D eigenvalue weighted by Gasteiger charge is -2.19. The third kappa shape index (κ3) is 3.47. The standard InChI is InChI=1S/C12H14N2O3/c1-9(12(15)14(2)16-3)17-11-6-4-5-10(7-11)8-13/h4-7,9H,1-3H3/t9-/m0/s1. The van der Waals surface area contributed by atoms with E-state index in [9.17, 15) is 4.79 Å². The second kappa shape index (κ2) is 5.87. The molecule has 5 heteroatoms. The number of likely N-dealkylation sites (N-methyl/N-ethyl adjacent to an activating group) is 1. The molecular weight excluding hydrogens is 220 g/mol. The van der Waals surface area contributed by atoms with Crippen molar-refractivity contribution in [1.82, 2.24) is 5.06 Å². The van der Waals surface area contributed by atoms with E-state index < -0.39 is 6.10 Å². The molecule has 1 rings (SSSR count). The fourth-order valence-electron chi connectivity index (χ4n) is 1.24. The second-order valence-corrected chi connectivity index (χ2v) is 3.42. The number of nitrogens with zero attached hydrogens (tertiary/aromatic N) is 2. The van der Waals surface area contributed by atoms with Gasteiger partial charge in [0, 0.05) is 7.05 Å². The Morgan fingerprint density at radius 1 is 1.53 bits per heavy atom. The van der Waals surface area contributed by atoms with Gasteiger partial charge in [-0.1, -0.05) is 6.07 Å². The van der Waals surface area contributed by atoms with Gasteiger partial charge in [-0.2, -0.15) is 5.26 Å². The molecule has 1 aromatic carbocycles. The first kappa shape index (κ1) is 13.0. The molecule has 0 saturated carbocycles. The van der Waals surface area contributed by atoms with Gasteiger partial charge in [0.25, 0.3) is 5.91 Å². The fraction of sp³-hybridized carbons (Fsp3) is 0.333. The first-order chi connectivity index (χ1) is 8.08. The van der Waals surface area contributed by atoms with Crippen molar-refractivity contribution in [2.24, 2.45) is 0 Å². The molecule has 0 bridgehead atoms. The number of rotatable bonds is 4. The van der Waals surface area contributed by atoms with E-state index in [1.54, 1.807) is 31.2 Å². The van der Waals surface area contributed by atoms with Crippen molar-refractivity contribution in [3.05, 3.63) is 29.8 Å². The molecule has 0 aliphatic carbocycles. The van der Waals surface area contributed by atoms with Crippen LogP contribution in [-0.4, -0.2) is 31.2 Å². The highest BCUT2D eigenvalue weighted by Crippen LogP contribution is 2.14. The zero-order valence-corrected chi connectivity index (χ0v) is 10.0. The van der Waals surface area contributed by atoms with E-state index in [0.717, 1.165) is 5.06 Å². The highest BCUT2D eigenvalue weighted by molar-refractivity contribution is 5.79. The van der Waals surface area contributed by atoms with Crippen molar-refractivity contribution < 1.29 is 14.4 Å². The van der Waals surface area contributed by atoms with Gasteiger partial charge in [0.1, 0.15) is 5.75 Å². The third-order valence-corrected chi connectivity index (χ3v) is 2.21. The maximum absolute atomic E-state index is 11.6. The molecule has 0 aliphatic rings. The predicted octanol–water partition coefficient (Wildman–Crippen LogP) is 1.35. The fourth-order valence-corrected chi connectivity index (χ4v) is 1.24. The molecule has 0 fully saturated rings. The van der Waals surface area contributed by atoms with Crippen LogP contribution in [0.3, 0.4) is 0 Å². The molecule has 17 heavy (non-hydrogen) atoms. The topological polar surface area (TPSA) is 62.6 Å². The SMILES string of the molecule is CON(C)C(=O)[C@H](C)Oc1cccc(C#N)c1. The van der Waals surface area contributed by atoms with E-state index in [1.807, 2.05) is 6.07 Å². The first-order valence-corrected chi connectivity index (χ1v) is 5.07. The van der Waals surface area contributed by atoms with Crippen LogP contribution in [0.25, 0.3) is 0 Å². The molecule has 1 amide bonds. The molecular formula is C12H14N2O3. The summed E-state index contributed by atoms with van der Waals surface area (Å²) in [4.78, 5) is 16.4. The number of nitriles is 1. The Bertz CT molecular complexity index is 440. The molecule has 0 saturated heterocycles. The van der Waals surface area contributed by atoms with E-state index in [0.29, 0.717) is 11.3 Å². The summed E-state index contributed by atoms with van der Waals surface area (Å²) in [6.07, 6.45) is -0.672. The summed E-state index contributed by atoms with van der Waals surface area (Å²) in [5.41, 5.74) is 0.488. The summed E-state index contributed by atoms with van der Waals surface area (Å²) in [5.74, 6) is 0.185. The molecule has 0 N–H and O–H groups in total.